The van der Waals surface area contributed by atoms with Crippen molar-refractivity contribution >= 4 is 17.3 Å². The standard InChI is InChI=1S/C18H18O2S/c1-20-18(19)16-10-14-7-6-13-8-11-4-2-3-5-12(11)9-15(13)17(14)21-16/h8-10H,2-7H2,1H3. The molecule has 1 aromatic heterocycles. The Hall–Kier alpha value is -1.61. The van der Waals surface area contributed by atoms with Gasteiger partial charge in [-0.1, -0.05) is 6.07 Å². The molecule has 108 valence electrons. The van der Waals surface area contributed by atoms with Crippen molar-refractivity contribution in [2.75, 3.05) is 7.11 Å². The number of hydrogen-bond donors (Lipinski definition) is 0. The number of methoxy groups -OCH3 is 1. The zero-order valence-electron chi connectivity index (χ0n) is 12.2. The minimum absolute atomic E-state index is 0.214. The summed E-state index contributed by atoms with van der Waals surface area (Å²) in [4.78, 5) is 13.8. The Kier molecular flexibility index (Phi) is 3.11. The minimum Gasteiger partial charge on any atom is -0.465 e. The van der Waals surface area contributed by atoms with Crippen molar-refractivity contribution in [2.45, 2.75) is 38.5 Å². The molecule has 0 saturated heterocycles. The van der Waals surface area contributed by atoms with Crippen LogP contribution in [0.2, 0.25) is 0 Å². The second-order valence-corrected chi connectivity index (χ2v) is 6.99. The molecule has 2 nitrogen and oxygen atoms in total. The van der Waals surface area contributed by atoms with Crippen molar-refractivity contribution in [3.8, 4) is 10.4 Å². The van der Waals surface area contributed by atoms with E-state index in [1.807, 2.05) is 6.07 Å². The molecule has 2 aliphatic carbocycles. The number of benzene rings is 1. The van der Waals surface area contributed by atoms with Crippen LogP contribution in [0.3, 0.4) is 0 Å². The van der Waals surface area contributed by atoms with Crippen molar-refractivity contribution in [1.29, 1.82) is 0 Å². The highest BCUT2D eigenvalue weighted by atomic mass is 32.1. The quantitative estimate of drug-likeness (QED) is 0.738. The highest BCUT2D eigenvalue weighted by molar-refractivity contribution is 7.17. The number of rotatable bonds is 1. The summed E-state index contributed by atoms with van der Waals surface area (Å²) in [5, 5.41) is 0. The molecular weight excluding hydrogens is 280 g/mol. The van der Waals surface area contributed by atoms with Gasteiger partial charge in [-0.2, -0.15) is 0 Å². The molecule has 0 amide bonds. The lowest BCUT2D eigenvalue weighted by molar-refractivity contribution is 0.0606. The summed E-state index contributed by atoms with van der Waals surface area (Å²) in [6.45, 7) is 0. The third kappa shape index (κ3) is 2.11. The summed E-state index contributed by atoms with van der Waals surface area (Å²) in [6, 6.07) is 6.83. The van der Waals surface area contributed by atoms with Gasteiger partial charge in [-0.15, -0.1) is 11.3 Å². The smallest absolute Gasteiger partial charge is 0.348 e. The van der Waals surface area contributed by atoms with Gasteiger partial charge in [-0.3, -0.25) is 0 Å². The predicted octanol–water partition coefficient (Wildman–Crippen LogP) is 4.18. The normalized spacial score (nSPS) is 15.9. The van der Waals surface area contributed by atoms with Crippen LogP contribution in [0.5, 0.6) is 0 Å². The molecule has 1 aromatic carbocycles. The van der Waals surface area contributed by atoms with Gasteiger partial charge in [0.15, 0.2) is 0 Å². The number of fused-ring (bicyclic) bond motifs is 4. The Morgan fingerprint density at radius 2 is 1.67 bits per heavy atom. The highest BCUT2D eigenvalue weighted by Gasteiger charge is 2.24. The molecule has 3 heteroatoms. The number of carbonyl (C=O) groups is 1. The lowest BCUT2D eigenvalue weighted by atomic mass is 9.83. The molecule has 0 unspecified atom stereocenters. The van der Waals surface area contributed by atoms with E-state index in [4.69, 9.17) is 4.74 Å². The van der Waals surface area contributed by atoms with Gasteiger partial charge in [0.25, 0.3) is 0 Å². The van der Waals surface area contributed by atoms with Crippen LogP contribution in [0.1, 0.15) is 44.8 Å². The minimum atomic E-state index is -0.214. The first-order valence-corrected chi connectivity index (χ1v) is 8.44. The summed E-state index contributed by atoms with van der Waals surface area (Å²) in [5.41, 5.74) is 7.19. The molecule has 2 aromatic rings. The first kappa shape index (κ1) is 13.1. The summed E-state index contributed by atoms with van der Waals surface area (Å²) in [5.74, 6) is -0.214. The maximum absolute atomic E-state index is 11.8. The van der Waals surface area contributed by atoms with Crippen LogP contribution in [0.15, 0.2) is 18.2 Å². The fourth-order valence-electron chi connectivity index (χ4n) is 3.57. The molecule has 1 heterocycles. The topological polar surface area (TPSA) is 26.3 Å². The van der Waals surface area contributed by atoms with Crippen molar-refractivity contribution in [3.63, 3.8) is 0 Å². The highest BCUT2D eigenvalue weighted by Crippen LogP contribution is 2.41. The third-order valence-corrected chi connectivity index (χ3v) is 5.86. The Balaban J connectivity index is 1.84. The third-order valence-electron chi connectivity index (χ3n) is 4.67. The molecule has 4 rings (SSSR count). The molecule has 21 heavy (non-hydrogen) atoms. The van der Waals surface area contributed by atoms with Crippen molar-refractivity contribution in [2.24, 2.45) is 0 Å². The summed E-state index contributed by atoms with van der Waals surface area (Å²) in [6.07, 6.45) is 7.18. The maximum Gasteiger partial charge on any atom is 0.348 e. The number of aryl methyl sites for hydroxylation is 4. The molecule has 0 fully saturated rings. The zero-order valence-corrected chi connectivity index (χ0v) is 13.0. The molecule has 2 aliphatic rings. The lowest BCUT2D eigenvalue weighted by Gasteiger charge is -2.22. The molecular formula is C18H18O2S. The van der Waals surface area contributed by atoms with Crippen LogP contribution in [-0.2, 0) is 30.4 Å². The van der Waals surface area contributed by atoms with Crippen LogP contribution in [0, 0.1) is 0 Å². The molecule has 0 bridgehead atoms. The van der Waals surface area contributed by atoms with E-state index < -0.39 is 0 Å². The molecule has 0 atom stereocenters. The van der Waals surface area contributed by atoms with Gasteiger partial charge in [0.05, 0.1) is 7.11 Å². The summed E-state index contributed by atoms with van der Waals surface area (Å²) in [7, 11) is 1.45. The van der Waals surface area contributed by atoms with E-state index in [1.165, 1.54) is 59.9 Å². The van der Waals surface area contributed by atoms with Crippen molar-refractivity contribution < 1.29 is 9.53 Å². The predicted molar refractivity (Wildman–Crippen MR) is 85.1 cm³/mol. The van der Waals surface area contributed by atoms with E-state index in [9.17, 15) is 4.79 Å². The molecule has 0 aliphatic heterocycles. The Bertz CT molecular complexity index is 727. The second-order valence-electron chi connectivity index (χ2n) is 5.94. The molecule has 0 N–H and O–H groups in total. The van der Waals surface area contributed by atoms with Crippen LogP contribution in [0.4, 0.5) is 0 Å². The SMILES string of the molecule is COC(=O)c1cc2c(s1)-c1cc3c(cc1CC2)CCCC3. The summed E-state index contributed by atoms with van der Waals surface area (Å²) < 4.78 is 4.86. The Labute approximate surface area is 128 Å². The average Bonchev–Trinajstić information content (AvgIpc) is 2.97. The fraction of sp³-hybridized carbons (Fsp3) is 0.389. The fourth-order valence-corrected chi connectivity index (χ4v) is 4.75. The largest absolute Gasteiger partial charge is 0.465 e. The average molecular weight is 298 g/mol. The monoisotopic (exact) mass is 298 g/mol. The Morgan fingerprint density at radius 3 is 2.43 bits per heavy atom. The van der Waals surface area contributed by atoms with Gasteiger partial charge in [0.1, 0.15) is 4.88 Å². The number of ether oxygens (including phenoxy) is 1. The number of esters is 1. The molecule has 0 spiro atoms. The van der Waals surface area contributed by atoms with Gasteiger partial charge in [-0.05, 0) is 78.5 Å². The van der Waals surface area contributed by atoms with Crippen LogP contribution >= 0.6 is 11.3 Å². The van der Waals surface area contributed by atoms with Gasteiger partial charge in [0.2, 0.25) is 0 Å². The van der Waals surface area contributed by atoms with Crippen LogP contribution < -0.4 is 0 Å². The number of carbonyl (C=O) groups excluding carboxylic acids is 1. The number of hydrogen-bond acceptors (Lipinski definition) is 3. The molecule has 0 saturated carbocycles. The molecule has 0 radical (unpaired) electrons. The summed E-state index contributed by atoms with van der Waals surface area (Å²) >= 11 is 1.59. The van der Waals surface area contributed by atoms with Gasteiger partial charge >= 0.3 is 5.97 Å². The maximum atomic E-state index is 11.8. The van der Waals surface area contributed by atoms with Crippen LogP contribution in [0.25, 0.3) is 10.4 Å². The first-order chi connectivity index (χ1) is 10.3. The van der Waals surface area contributed by atoms with Crippen molar-refractivity contribution in [3.05, 3.63) is 45.3 Å². The zero-order chi connectivity index (χ0) is 14.4. The van der Waals surface area contributed by atoms with E-state index in [-0.39, 0.29) is 5.97 Å². The van der Waals surface area contributed by atoms with E-state index in [2.05, 4.69) is 12.1 Å². The van der Waals surface area contributed by atoms with Crippen molar-refractivity contribution in [1.82, 2.24) is 0 Å². The van der Waals surface area contributed by atoms with Gasteiger partial charge in [0, 0.05) is 4.88 Å². The van der Waals surface area contributed by atoms with E-state index in [0.717, 1.165) is 17.7 Å². The second kappa shape index (κ2) is 4.99. The lowest BCUT2D eigenvalue weighted by Crippen LogP contribution is -2.08. The van der Waals surface area contributed by atoms with E-state index in [1.54, 1.807) is 16.9 Å². The van der Waals surface area contributed by atoms with Crippen LogP contribution in [-0.4, -0.2) is 13.1 Å². The van der Waals surface area contributed by atoms with E-state index in [0.29, 0.717) is 0 Å². The van der Waals surface area contributed by atoms with Gasteiger partial charge in [-0.25, -0.2) is 4.79 Å². The number of thiophene rings is 1. The Morgan fingerprint density at radius 1 is 0.952 bits per heavy atom. The van der Waals surface area contributed by atoms with E-state index >= 15 is 0 Å². The van der Waals surface area contributed by atoms with Gasteiger partial charge < -0.3 is 4.74 Å². The first-order valence-electron chi connectivity index (χ1n) is 7.62.